The third-order valence-electron chi connectivity index (χ3n) is 3.11. The number of hydrogen-bond acceptors (Lipinski definition) is 7. The van der Waals surface area contributed by atoms with E-state index in [1.165, 1.54) is 30.6 Å². The minimum Gasteiger partial charge on any atom is -0.504 e. The number of carbonyl (C=O) groups is 1. The van der Waals surface area contributed by atoms with Gasteiger partial charge in [0.1, 0.15) is 6.33 Å². The molecule has 0 saturated carbocycles. The molecule has 0 spiro atoms. The molecule has 0 radical (unpaired) electrons. The van der Waals surface area contributed by atoms with Gasteiger partial charge in [0.15, 0.2) is 11.5 Å². The standard InChI is InChI=1S/C14H10ClN5O4S/c15-10-1-3-11(4-2-10)25(23,24)20-7-9(6-18-20)12(21)5-13(22)14-16-8-17-19-14/h1-8,22H,(H,16,17,19). The second-order valence-electron chi connectivity index (χ2n) is 4.78. The number of allylic oxidation sites excluding steroid dienone is 1. The Morgan fingerprint density at radius 1 is 1.28 bits per heavy atom. The van der Waals surface area contributed by atoms with Crippen LogP contribution >= 0.6 is 11.6 Å². The molecule has 11 heteroatoms. The van der Waals surface area contributed by atoms with Crippen molar-refractivity contribution in [1.82, 2.24) is 24.4 Å². The van der Waals surface area contributed by atoms with Gasteiger partial charge in [-0.05, 0) is 24.3 Å². The largest absolute Gasteiger partial charge is 0.504 e. The van der Waals surface area contributed by atoms with E-state index < -0.39 is 21.6 Å². The summed E-state index contributed by atoms with van der Waals surface area (Å²) in [6.45, 7) is 0. The predicted octanol–water partition coefficient (Wildman–Crippen LogP) is 1.67. The number of hydrogen-bond donors (Lipinski definition) is 2. The van der Waals surface area contributed by atoms with Crippen LogP contribution in [-0.2, 0) is 10.0 Å². The third kappa shape index (κ3) is 3.44. The molecule has 0 aliphatic heterocycles. The van der Waals surface area contributed by atoms with Crippen LogP contribution < -0.4 is 0 Å². The quantitative estimate of drug-likeness (QED) is 0.391. The zero-order valence-electron chi connectivity index (χ0n) is 12.4. The number of nitrogens with zero attached hydrogens (tertiary/aromatic N) is 4. The van der Waals surface area contributed by atoms with Crippen molar-refractivity contribution in [1.29, 1.82) is 0 Å². The molecule has 0 atom stereocenters. The molecular formula is C14H10ClN5O4S. The van der Waals surface area contributed by atoms with Gasteiger partial charge in [-0.1, -0.05) is 11.6 Å². The van der Waals surface area contributed by atoms with Crippen LogP contribution in [-0.4, -0.2) is 43.7 Å². The van der Waals surface area contributed by atoms with Crippen LogP contribution in [0.2, 0.25) is 5.02 Å². The first-order valence-corrected chi connectivity index (χ1v) is 8.56. The monoisotopic (exact) mass is 379 g/mol. The molecule has 3 rings (SSSR count). The highest BCUT2D eigenvalue weighted by molar-refractivity contribution is 7.89. The fourth-order valence-corrected chi connectivity index (χ4v) is 3.13. The van der Waals surface area contributed by atoms with Gasteiger partial charge in [-0.2, -0.15) is 22.7 Å². The molecule has 0 aliphatic carbocycles. The summed E-state index contributed by atoms with van der Waals surface area (Å²) in [5.41, 5.74) is -0.0281. The van der Waals surface area contributed by atoms with E-state index in [1.54, 1.807) is 0 Å². The van der Waals surface area contributed by atoms with E-state index in [0.29, 0.717) is 9.11 Å². The number of rotatable bonds is 5. The maximum atomic E-state index is 12.4. The molecule has 2 heterocycles. The number of nitrogens with one attached hydrogen (secondary N) is 1. The zero-order chi connectivity index (χ0) is 18.0. The number of aliphatic hydroxyl groups is 1. The first kappa shape index (κ1) is 16.9. The van der Waals surface area contributed by atoms with Crippen molar-refractivity contribution >= 4 is 33.2 Å². The first-order valence-electron chi connectivity index (χ1n) is 6.75. The van der Waals surface area contributed by atoms with Crippen LogP contribution in [0.1, 0.15) is 16.2 Å². The Kier molecular flexibility index (Phi) is 4.38. The Labute approximate surface area is 146 Å². The molecule has 0 fully saturated rings. The maximum absolute atomic E-state index is 12.4. The molecule has 128 valence electrons. The lowest BCUT2D eigenvalue weighted by Gasteiger charge is -2.03. The van der Waals surface area contributed by atoms with E-state index in [9.17, 15) is 18.3 Å². The number of halogens is 1. The third-order valence-corrected chi connectivity index (χ3v) is 4.93. The second kappa shape index (κ2) is 6.49. The van der Waals surface area contributed by atoms with Crippen molar-refractivity contribution in [2.45, 2.75) is 4.90 Å². The lowest BCUT2D eigenvalue weighted by atomic mass is 10.2. The van der Waals surface area contributed by atoms with E-state index in [4.69, 9.17) is 11.6 Å². The lowest BCUT2D eigenvalue weighted by molar-refractivity contribution is 0.104. The van der Waals surface area contributed by atoms with Gasteiger partial charge in [-0.25, -0.2) is 4.98 Å². The summed E-state index contributed by atoms with van der Waals surface area (Å²) >= 11 is 5.74. The fraction of sp³-hybridized carbons (Fsp3) is 0. The van der Waals surface area contributed by atoms with Crippen LogP contribution in [0.15, 0.2) is 54.0 Å². The van der Waals surface area contributed by atoms with Gasteiger partial charge in [-0.15, -0.1) is 0 Å². The normalized spacial score (nSPS) is 12.3. The first-order chi connectivity index (χ1) is 11.9. The summed E-state index contributed by atoms with van der Waals surface area (Å²) in [6, 6.07) is 5.52. The van der Waals surface area contributed by atoms with E-state index >= 15 is 0 Å². The van der Waals surface area contributed by atoms with Crippen molar-refractivity contribution in [3.05, 3.63) is 65.5 Å². The van der Waals surface area contributed by atoms with Gasteiger partial charge in [0.2, 0.25) is 5.82 Å². The summed E-state index contributed by atoms with van der Waals surface area (Å²) < 4.78 is 25.6. The Balaban J connectivity index is 1.88. The molecule has 0 unspecified atom stereocenters. The van der Waals surface area contributed by atoms with Gasteiger partial charge in [0, 0.05) is 11.1 Å². The van der Waals surface area contributed by atoms with Gasteiger partial charge in [0.05, 0.1) is 22.9 Å². The van der Waals surface area contributed by atoms with Crippen LogP contribution in [0.3, 0.4) is 0 Å². The summed E-state index contributed by atoms with van der Waals surface area (Å²) in [4.78, 5) is 15.8. The molecule has 0 saturated heterocycles. The number of aromatic amines is 1. The minimum absolute atomic E-state index is 0.0281. The molecule has 0 aliphatic rings. The highest BCUT2D eigenvalue weighted by atomic mass is 35.5. The Hall–Kier alpha value is -2.98. The summed E-state index contributed by atoms with van der Waals surface area (Å²) in [6.07, 6.45) is 4.24. The van der Waals surface area contributed by atoms with Crippen LogP contribution in [0.5, 0.6) is 0 Å². The fourth-order valence-electron chi connectivity index (χ4n) is 1.88. The summed E-state index contributed by atoms with van der Waals surface area (Å²) in [7, 11) is -3.96. The van der Waals surface area contributed by atoms with Gasteiger partial charge < -0.3 is 5.11 Å². The highest BCUT2D eigenvalue weighted by Crippen LogP contribution is 2.17. The van der Waals surface area contributed by atoms with E-state index in [-0.39, 0.29) is 16.3 Å². The minimum atomic E-state index is -3.96. The molecule has 0 bridgehead atoms. The van der Waals surface area contributed by atoms with Crippen LogP contribution in [0, 0.1) is 0 Å². The van der Waals surface area contributed by atoms with Crippen molar-refractivity contribution in [3.63, 3.8) is 0 Å². The SMILES string of the molecule is O=C(C=C(O)c1nc[nH]n1)c1cnn(S(=O)(=O)c2ccc(Cl)cc2)c1. The van der Waals surface area contributed by atoms with Crippen LogP contribution in [0.25, 0.3) is 5.76 Å². The zero-order valence-corrected chi connectivity index (χ0v) is 13.9. The van der Waals surface area contributed by atoms with E-state index in [0.717, 1.165) is 18.5 Å². The van der Waals surface area contributed by atoms with E-state index in [2.05, 4.69) is 20.3 Å². The molecule has 2 N–H and O–H groups in total. The summed E-state index contributed by atoms with van der Waals surface area (Å²) in [5, 5.41) is 19.9. The van der Waals surface area contributed by atoms with Crippen molar-refractivity contribution in [2.24, 2.45) is 0 Å². The number of ketones is 1. The molecular weight excluding hydrogens is 370 g/mol. The maximum Gasteiger partial charge on any atom is 0.282 e. The van der Waals surface area contributed by atoms with Gasteiger partial charge >= 0.3 is 0 Å². The molecule has 2 aromatic heterocycles. The Morgan fingerprint density at radius 2 is 2.00 bits per heavy atom. The number of aromatic nitrogens is 5. The predicted molar refractivity (Wildman–Crippen MR) is 87.6 cm³/mol. The highest BCUT2D eigenvalue weighted by Gasteiger charge is 2.20. The lowest BCUT2D eigenvalue weighted by Crippen LogP contribution is -2.13. The van der Waals surface area contributed by atoms with Gasteiger partial charge in [-0.3, -0.25) is 9.89 Å². The molecule has 3 aromatic rings. The Morgan fingerprint density at radius 3 is 2.64 bits per heavy atom. The van der Waals surface area contributed by atoms with Gasteiger partial charge in [0.25, 0.3) is 10.0 Å². The number of benzene rings is 1. The number of H-pyrrole nitrogens is 1. The molecule has 0 amide bonds. The molecule has 9 nitrogen and oxygen atoms in total. The van der Waals surface area contributed by atoms with Crippen molar-refractivity contribution in [3.8, 4) is 0 Å². The molecule has 25 heavy (non-hydrogen) atoms. The van der Waals surface area contributed by atoms with Crippen LogP contribution in [0.4, 0.5) is 0 Å². The second-order valence-corrected chi connectivity index (χ2v) is 7.01. The Bertz CT molecular complexity index is 1040. The number of carbonyl (C=O) groups excluding carboxylic acids is 1. The topological polar surface area (TPSA) is 131 Å². The average molecular weight is 380 g/mol. The number of aliphatic hydroxyl groups excluding tert-OH is 1. The smallest absolute Gasteiger partial charge is 0.282 e. The average Bonchev–Trinajstić information content (AvgIpc) is 3.27. The van der Waals surface area contributed by atoms with Crippen molar-refractivity contribution in [2.75, 3.05) is 0 Å². The molecule has 1 aromatic carbocycles. The van der Waals surface area contributed by atoms with Crippen molar-refractivity contribution < 1.29 is 18.3 Å². The summed E-state index contributed by atoms with van der Waals surface area (Å²) in [5.74, 6) is -1.17. The van der Waals surface area contributed by atoms with E-state index in [1.807, 2.05) is 0 Å².